The summed E-state index contributed by atoms with van der Waals surface area (Å²) in [6.07, 6.45) is 1.42. The summed E-state index contributed by atoms with van der Waals surface area (Å²) in [5.41, 5.74) is 9.37. The van der Waals surface area contributed by atoms with Gasteiger partial charge < -0.3 is 15.2 Å². The number of aromatic nitrogens is 3. The van der Waals surface area contributed by atoms with Crippen molar-refractivity contribution in [2.24, 2.45) is 0 Å². The van der Waals surface area contributed by atoms with Crippen LogP contribution in [-0.4, -0.2) is 34.3 Å². The molecule has 2 aromatic heterocycles. The van der Waals surface area contributed by atoms with Crippen LogP contribution in [0.3, 0.4) is 0 Å². The molecule has 7 nitrogen and oxygen atoms in total. The van der Waals surface area contributed by atoms with Gasteiger partial charge in [-0.25, -0.2) is 9.78 Å². The molecule has 0 atom stereocenters. The normalized spacial score (nSPS) is 10.9. The summed E-state index contributed by atoms with van der Waals surface area (Å²) in [6.45, 7) is 2.31. The van der Waals surface area contributed by atoms with Crippen LogP contribution in [0.15, 0.2) is 36.5 Å². The van der Waals surface area contributed by atoms with E-state index in [0.717, 1.165) is 11.1 Å². The highest BCUT2D eigenvalue weighted by Crippen LogP contribution is 2.29. The van der Waals surface area contributed by atoms with Crippen molar-refractivity contribution in [1.82, 2.24) is 14.6 Å². The molecule has 0 saturated heterocycles. The molecule has 3 rings (SSSR count). The SMILES string of the molecule is CCOC(=O)c1cnc2c(-c3ccccc3)c(COC)nn2c1N. The largest absolute Gasteiger partial charge is 0.462 e. The molecule has 2 N–H and O–H groups in total. The second-order valence-electron chi connectivity index (χ2n) is 5.13. The Hall–Kier alpha value is -2.93. The Kier molecular flexibility index (Phi) is 4.43. The summed E-state index contributed by atoms with van der Waals surface area (Å²) in [5.74, 6) is -0.326. The number of nitrogens with zero attached hydrogens (tertiary/aromatic N) is 3. The van der Waals surface area contributed by atoms with E-state index in [2.05, 4.69) is 10.1 Å². The van der Waals surface area contributed by atoms with Gasteiger partial charge in [0.2, 0.25) is 0 Å². The van der Waals surface area contributed by atoms with Crippen molar-refractivity contribution >= 4 is 17.4 Å². The summed E-state index contributed by atoms with van der Waals surface area (Å²) in [4.78, 5) is 16.4. The van der Waals surface area contributed by atoms with E-state index in [4.69, 9.17) is 15.2 Å². The number of hydrogen-bond acceptors (Lipinski definition) is 6. The molecule has 7 heteroatoms. The lowest BCUT2D eigenvalue weighted by Gasteiger charge is -2.06. The van der Waals surface area contributed by atoms with Gasteiger partial charge in [-0.2, -0.15) is 9.61 Å². The Morgan fingerprint density at radius 3 is 2.71 bits per heavy atom. The highest BCUT2D eigenvalue weighted by Gasteiger charge is 2.21. The molecule has 0 unspecified atom stereocenters. The van der Waals surface area contributed by atoms with E-state index in [1.54, 1.807) is 14.0 Å². The number of carbonyl (C=O) groups is 1. The Bertz CT molecular complexity index is 874. The summed E-state index contributed by atoms with van der Waals surface area (Å²) >= 11 is 0. The van der Waals surface area contributed by atoms with E-state index in [1.807, 2.05) is 30.3 Å². The molecule has 0 aliphatic rings. The molecule has 2 heterocycles. The number of nitrogens with two attached hydrogens (primary N) is 1. The van der Waals surface area contributed by atoms with Crippen molar-refractivity contribution in [1.29, 1.82) is 0 Å². The predicted molar refractivity (Wildman–Crippen MR) is 89.5 cm³/mol. The molecule has 0 fully saturated rings. The third kappa shape index (κ3) is 2.69. The van der Waals surface area contributed by atoms with E-state index in [0.29, 0.717) is 17.9 Å². The first kappa shape index (κ1) is 15.9. The molecule has 0 bridgehead atoms. The molecule has 3 aromatic rings. The van der Waals surface area contributed by atoms with Crippen molar-refractivity contribution in [2.75, 3.05) is 19.5 Å². The fraction of sp³-hybridized carbons (Fsp3) is 0.235. The molecule has 24 heavy (non-hydrogen) atoms. The first-order valence-electron chi connectivity index (χ1n) is 7.55. The first-order valence-corrected chi connectivity index (χ1v) is 7.55. The van der Waals surface area contributed by atoms with Crippen LogP contribution < -0.4 is 5.73 Å². The van der Waals surface area contributed by atoms with Gasteiger partial charge in [-0.15, -0.1) is 0 Å². The lowest BCUT2D eigenvalue weighted by molar-refractivity contribution is 0.0526. The van der Waals surface area contributed by atoms with Gasteiger partial charge in [-0.05, 0) is 12.5 Å². The van der Waals surface area contributed by atoms with Crippen molar-refractivity contribution in [3.63, 3.8) is 0 Å². The first-order chi connectivity index (χ1) is 11.7. The predicted octanol–water partition coefficient (Wildman–Crippen LogP) is 2.30. The second-order valence-corrected chi connectivity index (χ2v) is 5.13. The Labute approximate surface area is 139 Å². The summed E-state index contributed by atoms with van der Waals surface area (Å²) in [5, 5.41) is 4.48. The Morgan fingerprint density at radius 2 is 2.04 bits per heavy atom. The van der Waals surface area contributed by atoms with Gasteiger partial charge >= 0.3 is 5.97 Å². The van der Waals surface area contributed by atoms with Crippen molar-refractivity contribution in [3.05, 3.63) is 47.8 Å². The molecular weight excluding hydrogens is 308 g/mol. The van der Waals surface area contributed by atoms with E-state index < -0.39 is 5.97 Å². The topological polar surface area (TPSA) is 91.7 Å². The quantitative estimate of drug-likeness (QED) is 0.723. The van der Waals surface area contributed by atoms with E-state index >= 15 is 0 Å². The summed E-state index contributed by atoms with van der Waals surface area (Å²) < 4.78 is 11.7. The number of hydrogen-bond donors (Lipinski definition) is 1. The number of benzene rings is 1. The van der Waals surface area contributed by atoms with Gasteiger partial charge in [0.05, 0.1) is 24.5 Å². The highest BCUT2D eigenvalue weighted by atomic mass is 16.5. The van der Waals surface area contributed by atoms with E-state index in [-0.39, 0.29) is 18.0 Å². The average Bonchev–Trinajstić information content (AvgIpc) is 2.95. The number of ether oxygens (including phenoxy) is 2. The molecule has 1 aromatic carbocycles. The Balaban J connectivity index is 2.23. The van der Waals surface area contributed by atoms with Crippen LogP contribution in [0.5, 0.6) is 0 Å². The maximum Gasteiger partial charge on any atom is 0.343 e. The van der Waals surface area contributed by atoms with Gasteiger partial charge in [0, 0.05) is 13.3 Å². The number of nitrogen functional groups attached to an aromatic ring is 1. The third-order valence-corrected chi connectivity index (χ3v) is 3.59. The van der Waals surface area contributed by atoms with Crippen LogP contribution in [0.25, 0.3) is 16.8 Å². The van der Waals surface area contributed by atoms with Gasteiger partial charge in [0.1, 0.15) is 11.4 Å². The van der Waals surface area contributed by atoms with Crippen LogP contribution in [0.1, 0.15) is 23.0 Å². The molecule has 0 saturated carbocycles. The van der Waals surface area contributed by atoms with Crippen molar-refractivity contribution < 1.29 is 14.3 Å². The van der Waals surface area contributed by atoms with Crippen LogP contribution in [0.4, 0.5) is 5.82 Å². The van der Waals surface area contributed by atoms with Crippen LogP contribution in [0.2, 0.25) is 0 Å². The lowest BCUT2D eigenvalue weighted by atomic mass is 10.1. The van der Waals surface area contributed by atoms with E-state index in [9.17, 15) is 4.79 Å². The number of esters is 1. The maximum absolute atomic E-state index is 12.0. The van der Waals surface area contributed by atoms with Gasteiger partial charge in [-0.3, -0.25) is 0 Å². The van der Waals surface area contributed by atoms with Crippen LogP contribution in [-0.2, 0) is 16.1 Å². The zero-order chi connectivity index (χ0) is 17.1. The van der Waals surface area contributed by atoms with Gasteiger partial charge in [0.25, 0.3) is 0 Å². The monoisotopic (exact) mass is 326 g/mol. The number of carbonyl (C=O) groups excluding carboxylic acids is 1. The average molecular weight is 326 g/mol. The minimum atomic E-state index is -0.519. The number of fused-ring (bicyclic) bond motifs is 1. The fourth-order valence-electron chi connectivity index (χ4n) is 2.55. The molecule has 0 aliphatic carbocycles. The molecule has 0 amide bonds. The van der Waals surface area contributed by atoms with Gasteiger partial charge in [-0.1, -0.05) is 30.3 Å². The Morgan fingerprint density at radius 1 is 1.29 bits per heavy atom. The zero-order valence-electron chi connectivity index (χ0n) is 13.5. The summed E-state index contributed by atoms with van der Waals surface area (Å²) in [7, 11) is 1.60. The van der Waals surface area contributed by atoms with Gasteiger partial charge in [0.15, 0.2) is 5.65 Å². The van der Waals surface area contributed by atoms with Crippen LogP contribution >= 0.6 is 0 Å². The molecule has 124 valence electrons. The number of anilines is 1. The molecule has 0 aliphatic heterocycles. The lowest BCUT2D eigenvalue weighted by Crippen LogP contribution is -2.12. The molecule has 0 spiro atoms. The fourth-order valence-corrected chi connectivity index (χ4v) is 2.55. The zero-order valence-corrected chi connectivity index (χ0v) is 13.5. The summed E-state index contributed by atoms with van der Waals surface area (Å²) in [6, 6.07) is 9.74. The minimum Gasteiger partial charge on any atom is -0.462 e. The van der Waals surface area contributed by atoms with Crippen LogP contribution in [0, 0.1) is 0 Å². The smallest absolute Gasteiger partial charge is 0.343 e. The maximum atomic E-state index is 12.0. The van der Waals surface area contributed by atoms with Crippen molar-refractivity contribution in [3.8, 4) is 11.1 Å². The third-order valence-electron chi connectivity index (χ3n) is 3.59. The van der Waals surface area contributed by atoms with Crippen molar-refractivity contribution in [2.45, 2.75) is 13.5 Å². The minimum absolute atomic E-state index is 0.190. The number of methoxy groups -OCH3 is 1. The number of rotatable bonds is 5. The second kappa shape index (κ2) is 6.67. The standard InChI is InChI=1S/C17H18N4O3/c1-3-24-17(22)12-9-19-16-14(11-7-5-4-6-8-11)13(10-23-2)20-21(16)15(12)18/h4-9H,3,10,18H2,1-2H3. The molecule has 0 radical (unpaired) electrons. The van der Waals surface area contributed by atoms with E-state index in [1.165, 1.54) is 10.7 Å². The highest BCUT2D eigenvalue weighted by molar-refractivity contribution is 5.95. The molecular formula is C17H18N4O3.